The summed E-state index contributed by atoms with van der Waals surface area (Å²) in [7, 11) is 1.52. The molecule has 0 saturated heterocycles. The molecule has 0 spiro atoms. The van der Waals surface area contributed by atoms with Crippen LogP contribution >= 0.6 is 0 Å². The van der Waals surface area contributed by atoms with Crippen molar-refractivity contribution < 1.29 is 22.8 Å². The number of carbonyl (C=O) groups excluding carboxylic acids is 2. The maximum atomic E-state index is 12.6. The monoisotopic (exact) mass is 336 g/mol. The number of halogens is 3. The molecule has 0 aromatic heterocycles. The van der Waals surface area contributed by atoms with Crippen LogP contribution in [0.2, 0.25) is 0 Å². The molecule has 0 aliphatic heterocycles. The molecule has 0 fully saturated rings. The van der Waals surface area contributed by atoms with Gasteiger partial charge in [-0.3, -0.25) is 9.59 Å². The van der Waals surface area contributed by atoms with Gasteiger partial charge in [0.15, 0.2) is 0 Å². The van der Waals surface area contributed by atoms with E-state index in [-0.39, 0.29) is 5.69 Å². The van der Waals surface area contributed by atoms with E-state index >= 15 is 0 Å². The van der Waals surface area contributed by atoms with Gasteiger partial charge in [-0.05, 0) is 30.3 Å². The summed E-state index contributed by atoms with van der Waals surface area (Å²) in [5.41, 5.74) is -0.257. The first-order valence-electron chi connectivity index (χ1n) is 7.06. The van der Waals surface area contributed by atoms with Crippen LogP contribution in [0.3, 0.4) is 0 Å². The van der Waals surface area contributed by atoms with Crippen LogP contribution in [-0.4, -0.2) is 18.9 Å². The van der Waals surface area contributed by atoms with Crippen LogP contribution in [0.15, 0.2) is 54.6 Å². The molecule has 7 heteroatoms. The van der Waals surface area contributed by atoms with Crippen LogP contribution in [0.5, 0.6) is 0 Å². The van der Waals surface area contributed by atoms with Gasteiger partial charge in [0, 0.05) is 18.4 Å². The number of nitrogens with zero attached hydrogens (tertiary/aromatic N) is 1. The number of alkyl halides is 3. The van der Waals surface area contributed by atoms with E-state index in [1.165, 1.54) is 24.1 Å². The van der Waals surface area contributed by atoms with Gasteiger partial charge in [-0.2, -0.15) is 13.2 Å². The van der Waals surface area contributed by atoms with Gasteiger partial charge in [0.2, 0.25) is 11.8 Å². The van der Waals surface area contributed by atoms with E-state index in [0.29, 0.717) is 5.69 Å². The fourth-order valence-corrected chi connectivity index (χ4v) is 2.03. The smallest absolute Gasteiger partial charge is 0.326 e. The molecule has 2 aromatic carbocycles. The molecule has 2 amide bonds. The van der Waals surface area contributed by atoms with Gasteiger partial charge in [-0.15, -0.1) is 0 Å². The summed E-state index contributed by atoms with van der Waals surface area (Å²) in [6.45, 7) is 0. The normalized spacial score (nSPS) is 11.0. The Morgan fingerprint density at radius 2 is 1.71 bits per heavy atom. The molecule has 0 aliphatic carbocycles. The summed E-state index contributed by atoms with van der Waals surface area (Å²) in [5.74, 6) is -1.15. The first-order valence-corrected chi connectivity index (χ1v) is 7.06. The van der Waals surface area contributed by atoms with Gasteiger partial charge >= 0.3 is 6.18 Å². The molecule has 0 saturated carbocycles. The van der Waals surface area contributed by atoms with Crippen LogP contribution in [0, 0.1) is 0 Å². The number of hydrogen-bond donors (Lipinski definition) is 1. The van der Waals surface area contributed by atoms with Crippen molar-refractivity contribution in [2.75, 3.05) is 17.3 Å². The van der Waals surface area contributed by atoms with E-state index in [2.05, 4.69) is 5.32 Å². The van der Waals surface area contributed by atoms with Gasteiger partial charge in [0.05, 0.1) is 5.56 Å². The van der Waals surface area contributed by atoms with Gasteiger partial charge in [-0.25, -0.2) is 0 Å². The minimum Gasteiger partial charge on any atom is -0.326 e. The van der Waals surface area contributed by atoms with Crippen molar-refractivity contribution in [2.45, 2.75) is 12.6 Å². The summed E-state index contributed by atoms with van der Waals surface area (Å²) in [5, 5.41) is 2.31. The second-order valence-electron chi connectivity index (χ2n) is 5.09. The van der Waals surface area contributed by atoms with E-state index in [9.17, 15) is 22.8 Å². The van der Waals surface area contributed by atoms with Crippen LogP contribution in [-0.2, 0) is 15.8 Å². The third-order valence-electron chi connectivity index (χ3n) is 3.30. The lowest BCUT2D eigenvalue weighted by molar-refractivity contribution is -0.137. The average molecular weight is 336 g/mol. The maximum absolute atomic E-state index is 12.6. The topological polar surface area (TPSA) is 49.4 Å². The maximum Gasteiger partial charge on any atom is 0.416 e. The van der Waals surface area contributed by atoms with E-state index in [0.717, 1.165) is 12.1 Å². The number of anilines is 2. The zero-order valence-electron chi connectivity index (χ0n) is 12.8. The average Bonchev–Trinajstić information content (AvgIpc) is 2.54. The molecule has 2 rings (SSSR count). The van der Waals surface area contributed by atoms with Crippen LogP contribution in [0.25, 0.3) is 0 Å². The van der Waals surface area contributed by atoms with Gasteiger partial charge in [-0.1, -0.05) is 24.3 Å². The fraction of sp³-hybridized carbons (Fsp3) is 0.176. The molecule has 4 nitrogen and oxygen atoms in total. The number of carbonyl (C=O) groups is 2. The van der Waals surface area contributed by atoms with Crippen molar-refractivity contribution in [1.82, 2.24) is 0 Å². The Hall–Kier alpha value is -2.83. The number of nitrogens with one attached hydrogen (secondary N) is 1. The fourth-order valence-electron chi connectivity index (χ4n) is 2.03. The zero-order chi connectivity index (χ0) is 17.7. The lowest BCUT2D eigenvalue weighted by Crippen LogP contribution is -2.30. The largest absolute Gasteiger partial charge is 0.416 e. The van der Waals surface area contributed by atoms with E-state index in [1.807, 2.05) is 0 Å². The van der Waals surface area contributed by atoms with Crippen LogP contribution < -0.4 is 10.2 Å². The highest BCUT2D eigenvalue weighted by Gasteiger charge is 2.30. The van der Waals surface area contributed by atoms with Crippen molar-refractivity contribution in [3.63, 3.8) is 0 Å². The Bertz CT molecular complexity index is 730. The molecule has 2 aromatic rings. The lowest BCUT2D eigenvalue weighted by atomic mass is 10.2. The minimum atomic E-state index is -4.50. The highest BCUT2D eigenvalue weighted by Crippen LogP contribution is 2.30. The van der Waals surface area contributed by atoms with E-state index < -0.39 is 30.0 Å². The number of amides is 2. The lowest BCUT2D eigenvalue weighted by Gasteiger charge is -2.17. The first kappa shape index (κ1) is 17.5. The SMILES string of the molecule is CN(C(=O)CC(=O)Nc1cccc(C(F)(F)F)c1)c1ccccc1. The molecule has 0 atom stereocenters. The minimum absolute atomic E-state index is 0.00927. The highest BCUT2D eigenvalue weighted by molar-refractivity contribution is 6.08. The van der Waals surface area contributed by atoms with Crippen molar-refractivity contribution in [2.24, 2.45) is 0 Å². The molecule has 0 heterocycles. The number of hydrogen-bond acceptors (Lipinski definition) is 2. The summed E-state index contributed by atoms with van der Waals surface area (Å²) >= 11 is 0. The number of para-hydroxylation sites is 1. The molecule has 0 aliphatic rings. The second kappa shape index (κ2) is 7.16. The number of rotatable bonds is 4. The van der Waals surface area contributed by atoms with Crippen LogP contribution in [0.4, 0.5) is 24.5 Å². The summed E-state index contributed by atoms with van der Waals surface area (Å²) in [6, 6.07) is 13.0. The third-order valence-corrected chi connectivity index (χ3v) is 3.30. The molecule has 0 bridgehead atoms. The molecule has 126 valence electrons. The summed E-state index contributed by atoms with van der Waals surface area (Å²) < 4.78 is 37.9. The van der Waals surface area contributed by atoms with Crippen molar-refractivity contribution in [3.8, 4) is 0 Å². The van der Waals surface area contributed by atoms with Gasteiger partial charge in [0.1, 0.15) is 6.42 Å². The number of benzene rings is 2. The van der Waals surface area contributed by atoms with Crippen molar-refractivity contribution in [1.29, 1.82) is 0 Å². The van der Waals surface area contributed by atoms with Gasteiger partial charge in [0.25, 0.3) is 0 Å². The Morgan fingerprint density at radius 3 is 2.33 bits per heavy atom. The predicted octanol–water partition coefficient (Wildman–Crippen LogP) is 3.70. The Balaban J connectivity index is 1.99. The molecular weight excluding hydrogens is 321 g/mol. The third kappa shape index (κ3) is 4.58. The van der Waals surface area contributed by atoms with Gasteiger partial charge < -0.3 is 10.2 Å². The van der Waals surface area contributed by atoms with E-state index in [1.54, 1.807) is 30.3 Å². The molecule has 1 N–H and O–H groups in total. The second-order valence-corrected chi connectivity index (χ2v) is 5.09. The molecule has 0 radical (unpaired) electrons. The summed E-state index contributed by atoms with van der Waals surface area (Å²) in [4.78, 5) is 25.2. The summed E-state index contributed by atoms with van der Waals surface area (Å²) in [6.07, 6.45) is -4.97. The molecule has 24 heavy (non-hydrogen) atoms. The Morgan fingerprint density at radius 1 is 1.04 bits per heavy atom. The Kier molecular flexibility index (Phi) is 5.23. The van der Waals surface area contributed by atoms with E-state index in [4.69, 9.17) is 0 Å². The predicted molar refractivity (Wildman–Crippen MR) is 84.5 cm³/mol. The first-order chi connectivity index (χ1) is 11.3. The molecular formula is C17H15F3N2O2. The Labute approximate surface area is 136 Å². The quantitative estimate of drug-likeness (QED) is 0.866. The standard InChI is InChI=1S/C17H15F3N2O2/c1-22(14-8-3-2-4-9-14)16(24)11-15(23)21-13-7-5-6-12(10-13)17(18,19)20/h2-10H,11H2,1H3,(H,21,23). The van der Waals surface area contributed by atoms with Crippen LogP contribution in [0.1, 0.15) is 12.0 Å². The molecule has 0 unspecified atom stereocenters. The van der Waals surface area contributed by atoms with Crippen molar-refractivity contribution >= 4 is 23.2 Å². The van der Waals surface area contributed by atoms with Crippen molar-refractivity contribution in [3.05, 3.63) is 60.2 Å². The highest BCUT2D eigenvalue weighted by atomic mass is 19.4. The zero-order valence-corrected chi connectivity index (χ0v) is 12.8.